The lowest BCUT2D eigenvalue weighted by Crippen LogP contribution is -2.64. The summed E-state index contributed by atoms with van der Waals surface area (Å²) in [4.78, 5) is 27.5. The first-order chi connectivity index (χ1) is 11.7. The highest BCUT2D eigenvalue weighted by molar-refractivity contribution is 8.08. The first-order valence-corrected chi connectivity index (χ1v) is 10.6. The van der Waals surface area contributed by atoms with Crippen LogP contribution in [0.15, 0.2) is 60.7 Å². The molecular formula is C22H26O2P+. The van der Waals surface area contributed by atoms with Gasteiger partial charge >= 0.3 is 11.0 Å². The molecule has 0 aromatic heterocycles. The molecule has 25 heavy (non-hydrogen) atoms. The fourth-order valence-corrected chi connectivity index (χ4v) is 11.2. The molecule has 3 rings (SSSR count). The summed E-state index contributed by atoms with van der Waals surface area (Å²) in [7, 11) is -2.64. The smallest absolute Gasteiger partial charge is 0.247 e. The Morgan fingerprint density at radius 2 is 1.04 bits per heavy atom. The second kappa shape index (κ2) is 5.88. The molecule has 2 nitrogen and oxygen atoms in total. The minimum atomic E-state index is -2.64. The van der Waals surface area contributed by atoms with E-state index in [1.165, 1.54) is 0 Å². The molecule has 1 heterocycles. The quantitative estimate of drug-likeness (QED) is 0.642. The molecule has 0 saturated carbocycles. The van der Waals surface area contributed by atoms with Crippen molar-refractivity contribution in [2.75, 3.05) is 0 Å². The zero-order valence-electron chi connectivity index (χ0n) is 15.6. The number of carbonyl (C=O) groups is 2. The molecule has 0 spiro atoms. The van der Waals surface area contributed by atoms with Gasteiger partial charge in [-0.05, 0) is 52.0 Å². The molecule has 0 aliphatic carbocycles. The Kier molecular flexibility index (Phi) is 4.24. The van der Waals surface area contributed by atoms with Gasteiger partial charge in [0.15, 0.2) is 7.26 Å². The maximum atomic E-state index is 13.8. The van der Waals surface area contributed by atoms with E-state index >= 15 is 0 Å². The van der Waals surface area contributed by atoms with Crippen molar-refractivity contribution in [3.05, 3.63) is 71.8 Å². The van der Waals surface area contributed by atoms with Crippen molar-refractivity contribution >= 4 is 18.3 Å². The number of hydrogen-bond donors (Lipinski definition) is 0. The third-order valence-corrected chi connectivity index (χ3v) is 12.5. The molecule has 0 atom stereocenters. The predicted molar refractivity (Wildman–Crippen MR) is 106 cm³/mol. The highest BCUT2D eigenvalue weighted by atomic mass is 31.2. The molecule has 1 aliphatic heterocycles. The van der Waals surface area contributed by atoms with Crippen LogP contribution in [0, 0.1) is 5.92 Å². The monoisotopic (exact) mass is 353 g/mol. The molecule has 0 unspecified atom stereocenters. The van der Waals surface area contributed by atoms with Gasteiger partial charge < -0.3 is 0 Å². The van der Waals surface area contributed by atoms with E-state index in [1.807, 2.05) is 60.7 Å². The highest BCUT2D eigenvalue weighted by Gasteiger charge is 2.85. The van der Waals surface area contributed by atoms with Crippen LogP contribution in [0.5, 0.6) is 0 Å². The van der Waals surface area contributed by atoms with Gasteiger partial charge in [-0.2, -0.15) is 0 Å². The van der Waals surface area contributed by atoms with Crippen LogP contribution in [-0.4, -0.2) is 21.4 Å². The Labute approximate surface area is 151 Å². The number of hydrogen-bond acceptors (Lipinski definition) is 2. The van der Waals surface area contributed by atoms with Gasteiger partial charge in [-0.25, -0.2) is 9.59 Å². The van der Waals surface area contributed by atoms with E-state index in [2.05, 4.69) is 34.6 Å². The summed E-state index contributed by atoms with van der Waals surface area (Å²) >= 11 is 0. The molecule has 0 N–H and O–H groups in total. The van der Waals surface area contributed by atoms with E-state index in [1.54, 1.807) is 0 Å². The van der Waals surface area contributed by atoms with Crippen LogP contribution in [0.2, 0.25) is 0 Å². The van der Waals surface area contributed by atoms with Crippen molar-refractivity contribution in [1.29, 1.82) is 0 Å². The van der Waals surface area contributed by atoms with E-state index in [9.17, 15) is 9.59 Å². The molecule has 2 aromatic rings. The number of rotatable bonds is 4. The van der Waals surface area contributed by atoms with Gasteiger partial charge in [-0.15, -0.1) is 0 Å². The van der Waals surface area contributed by atoms with Crippen LogP contribution < -0.4 is 0 Å². The van der Waals surface area contributed by atoms with Crippen molar-refractivity contribution in [1.82, 2.24) is 0 Å². The largest absolute Gasteiger partial charge is 0.307 e. The minimum Gasteiger partial charge on any atom is -0.247 e. The topological polar surface area (TPSA) is 34.1 Å². The van der Waals surface area contributed by atoms with Crippen molar-refractivity contribution < 1.29 is 9.59 Å². The van der Waals surface area contributed by atoms with E-state index in [0.29, 0.717) is 17.0 Å². The van der Waals surface area contributed by atoms with Crippen LogP contribution in [0.4, 0.5) is 0 Å². The zero-order valence-corrected chi connectivity index (χ0v) is 16.5. The molecule has 0 amide bonds. The summed E-state index contributed by atoms with van der Waals surface area (Å²) in [6.45, 7) is 10.6. The fourth-order valence-electron chi connectivity index (χ4n) is 4.81. The summed E-state index contributed by atoms with van der Waals surface area (Å²) in [5.74, 6) is 0.300. The zero-order chi connectivity index (χ0) is 18.5. The van der Waals surface area contributed by atoms with Crippen molar-refractivity contribution in [3.8, 4) is 0 Å². The van der Waals surface area contributed by atoms with Crippen molar-refractivity contribution in [2.24, 2.45) is 5.92 Å². The van der Waals surface area contributed by atoms with Crippen LogP contribution in [0.3, 0.4) is 0 Å². The van der Waals surface area contributed by atoms with Gasteiger partial charge in [-0.3, -0.25) is 0 Å². The summed E-state index contributed by atoms with van der Waals surface area (Å²) < 4.78 is 0. The van der Waals surface area contributed by atoms with E-state index < -0.39 is 7.26 Å². The van der Waals surface area contributed by atoms with Crippen LogP contribution in [-0.2, 0) is 0 Å². The first-order valence-electron chi connectivity index (χ1n) is 8.78. The average Bonchev–Trinajstić information content (AvgIpc) is 2.62. The molecule has 1 saturated heterocycles. The molecule has 1 fully saturated rings. The standard InChI is InChI=1S/C22H26O2P/c1-16-21(2,3)25(22(16,4)5,19(23)17-12-8-6-9-13-17)20(24)18-14-10-7-11-15-18/h6-16H,1-5H3/q+1. The number of benzene rings is 2. The lowest BCUT2D eigenvalue weighted by molar-refractivity contribution is 0.100. The SMILES string of the molecule is CC1C(C)(C)[P+](C(=O)c2ccccc2)(C(=O)c2ccccc2)C1(C)C. The second-order valence-corrected chi connectivity index (χ2v) is 12.5. The Balaban J connectivity index is 2.24. The Bertz CT molecular complexity index is 737. The van der Waals surface area contributed by atoms with Gasteiger partial charge in [0.2, 0.25) is 0 Å². The molecule has 0 radical (unpaired) electrons. The number of carbonyl (C=O) groups excluding carboxylic acids is 2. The van der Waals surface area contributed by atoms with Gasteiger partial charge in [0, 0.05) is 5.92 Å². The molecule has 130 valence electrons. The highest BCUT2D eigenvalue weighted by Crippen LogP contribution is 2.91. The van der Waals surface area contributed by atoms with Crippen LogP contribution in [0.25, 0.3) is 0 Å². The van der Waals surface area contributed by atoms with E-state index in [0.717, 1.165) is 0 Å². The first kappa shape index (κ1) is 18.0. The molecule has 3 heteroatoms. The summed E-state index contributed by atoms with van der Waals surface area (Å²) in [5.41, 5.74) is 1.42. The third-order valence-electron chi connectivity index (χ3n) is 6.50. The molecule has 0 bridgehead atoms. The third kappa shape index (κ3) is 2.20. The van der Waals surface area contributed by atoms with Gasteiger partial charge in [0.05, 0.1) is 21.4 Å². The summed E-state index contributed by atoms with van der Waals surface area (Å²) in [5, 5.41) is -0.618. The lowest BCUT2D eigenvalue weighted by Gasteiger charge is -2.61. The van der Waals surface area contributed by atoms with Crippen LogP contribution in [0.1, 0.15) is 55.3 Å². The molecule has 2 aromatic carbocycles. The van der Waals surface area contributed by atoms with Crippen molar-refractivity contribution in [3.63, 3.8) is 0 Å². The normalized spacial score (nSPS) is 20.5. The lowest BCUT2D eigenvalue weighted by atomic mass is 9.83. The van der Waals surface area contributed by atoms with Gasteiger partial charge in [0.25, 0.3) is 0 Å². The Hall–Kier alpha value is -1.79. The maximum Gasteiger partial charge on any atom is 0.307 e. The Morgan fingerprint density at radius 3 is 1.36 bits per heavy atom. The maximum absolute atomic E-state index is 13.8. The average molecular weight is 353 g/mol. The molecule has 1 aliphatic rings. The fraction of sp³-hybridized carbons (Fsp3) is 0.364. The summed E-state index contributed by atoms with van der Waals surface area (Å²) in [6.07, 6.45) is 0. The minimum absolute atomic E-state index is 0.0510. The van der Waals surface area contributed by atoms with E-state index in [4.69, 9.17) is 0 Å². The predicted octanol–water partition coefficient (Wildman–Crippen LogP) is 5.89. The Morgan fingerprint density at radius 1 is 0.720 bits per heavy atom. The van der Waals surface area contributed by atoms with Crippen LogP contribution >= 0.6 is 7.26 Å². The van der Waals surface area contributed by atoms with Crippen molar-refractivity contribution in [2.45, 2.75) is 44.9 Å². The molecular weight excluding hydrogens is 327 g/mol. The second-order valence-electron chi connectivity index (χ2n) is 8.04. The van der Waals surface area contributed by atoms with Gasteiger partial charge in [-0.1, -0.05) is 43.3 Å². The van der Waals surface area contributed by atoms with Gasteiger partial charge in [0.1, 0.15) is 0 Å². The van der Waals surface area contributed by atoms with E-state index in [-0.39, 0.29) is 21.4 Å². The summed E-state index contributed by atoms with van der Waals surface area (Å²) in [6, 6.07) is 18.7.